The lowest BCUT2D eigenvalue weighted by Crippen LogP contribution is -2.52. The highest BCUT2D eigenvalue weighted by molar-refractivity contribution is 6.40. The van der Waals surface area contributed by atoms with Crippen molar-refractivity contribution in [3.05, 3.63) is 92.5 Å². The molecule has 3 N–H and O–H groups in total. The molecule has 0 bridgehead atoms. The number of rotatable bonds is 7. The van der Waals surface area contributed by atoms with Gasteiger partial charge in [0.25, 0.3) is 5.91 Å². The molecular weight excluding hydrogens is 533 g/mol. The number of urea groups is 1. The number of hydrogen-bond acceptors (Lipinski definition) is 5. The number of anilines is 1. The second-order valence-corrected chi connectivity index (χ2v) is 9.63. The number of nitrogens with zero attached hydrogens (tertiary/aromatic N) is 3. The Kier molecular flexibility index (Phi) is 8.65. The molecule has 0 spiro atoms. The third-order valence-electron chi connectivity index (χ3n) is 6.33. The molecule has 1 atom stereocenters. The van der Waals surface area contributed by atoms with E-state index in [1.807, 2.05) is 18.2 Å². The van der Waals surface area contributed by atoms with Gasteiger partial charge < -0.3 is 20.6 Å². The molecule has 1 unspecified atom stereocenters. The van der Waals surface area contributed by atoms with Gasteiger partial charge in [-0.25, -0.2) is 14.4 Å². The highest BCUT2D eigenvalue weighted by atomic mass is 35.5. The summed E-state index contributed by atoms with van der Waals surface area (Å²) >= 11 is 12.1. The first-order valence-electron chi connectivity index (χ1n) is 11.9. The van der Waals surface area contributed by atoms with E-state index in [1.165, 1.54) is 30.0 Å². The van der Waals surface area contributed by atoms with Gasteiger partial charge in [-0.05, 0) is 42.5 Å². The number of aromatic nitrogens is 2. The Morgan fingerprint density at radius 1 is 1.00 bits per heavy atom. The van der Waals surface area contributed by atoms with Crippen LogP contribution >= 0.6 is 23.2 Å². The molecule has 0 radical (unpaired) electrons. The normalized spacial score (nSPS) is 14.5. The van der Waals surface area contributed by atoms with Crippen LogP contribution < -0.4 is 16.3 Å². The van der Waals surface area contributed by atoms with Crippen LogP contribution in [0.25, 0.3) is 0 Å². The molecule has 10 nitrogen and oxygen atoms in total. The number of piperidine rings is 1. The minimum Gasteiger partial charge on any atom is -0.480 e. The van der Waals surface area contributed by atoms with Crippen LogP contribution in [0, 0.1) is 0 Å². The summed E-state index contributed by atoms with van der Waals surface area (Å²) in [5.74, 6) is -1.68. The molecule has 198 valence electrons. The van der Waals surface area contributed by atoms with Crippen LogP contribution in [-0.2, 0) is 11.3 Å². The van der Waals surface area contributed by atoms with Crippen LogP contribution in [0.5, 0.6) is 0 Å². The van der Waals surface area contributed by atoms with Gasteiger partial charge in [0.1, 0.15) is 11.9 Å². The number of likely N-dealkylation sites (tertiary alicyclic amines) is 1. The Morgan fingerprint density at radius 2 is 1.66 bits per heavy atom. The zero-order chi connectivity index (χ0) is 27.2. The lowest BCUT2D eigenvalue weighted by Gasteiger charge is -2.33. The van der Waals surface area contributed by atoms with Crippen molar-refractivity contribution in [2.75, 3.05) is 18.4 Å². The highest BCUT2D eigenvalue weighted by Gasteiger charge is 2.28. The van der Waals surface area contributed by atoms with Crippen molar-refractivity contribution in [3.63, 3.8) is 0 Å². The zero-order valence-electron chi connectivity index (χ0n) is 20.1. The number of carbonyl (C=O) groups excluding carboxylic acids is 2. The summed E-state index contributed by atoms with van der Waals surface area (Å²) in [6.07, 6.45) is 2.82. The van der Waals surface area contributed by atoms with Gasteiger partial charge in [-0.3, -0.25) is 9.36 Å². The quantitative estimate of drug-likeness (QED) is 0.404. The van der Waals surface area contributed by atoms with Crippen molar-refractivity contribution in [1.29, 1.82) is 0 Å². The largest absolute Gasteiger partial charge is 0.480 e. The third kappa shape index (κ3) is 6.51. The number of nitrogens with one attached hydrogen (secondary N) is 2. The van der Waals surface area contributed by atoms with Crippen LogP contribution in [0.3, 0.4) is 0 Å². The van der Waals surface area contributed by atoms with Crippen LogP contribution in [0.4, 0.5) is 10.6 Å². The zero-order valence-corrected chi connectivity index (χ0v) is 21.7. The van der Waals surface area contributed by atoms with E-state index in [9.17, 15) is 24.3 Å². The maximum Gasteiger partial charge on any atom is 0.349 e. The fourth-order valence-electron chi connectivity index (χ4n) is 4.29. The summed E-state index contributed by atoms with van der Waals surface area (Å²) in [5, 5.41) is 14.9. The van der Waals surface area contributed by atoms with Gasteiger partial charge in [0.05, 0.1) is 22.2 Å². The molecule has 3 amide bonds. The Balaban J connectivity index is 1.36. The Hall–Kier alpha value is -3.89. The molecule has 2 aromatic carbocycles. The molecule has 1 aliphatic heterocycles. The van der Waals surface area contributed by atoms with Crippen molar-refractivity contribution < 1.29 is 19.5 Å². The first-order chi connectivity index (χ1) is 18.2. The number of carbonyl (C=O) groups is 3. The summed E-state index contributed by atoms with van der Waals surface area (Å²) in [7, 11) is 0. The van der Waals surface area contributed by atoms with Gasteiger partial charge in [-0.1, -0.05) is 59.6 Å². The smallest absolute Gasteiger partial charge is 0.349 e. The number of hydrogen-bond donors (Lipinski definition) is 3. The molecule has 1 aliphatic rings. The number of amides is 3. The third-order valence-corrected chi connectivity index (χ3v) is 6.96. The first-order valence-corrected chi connectivity index (χ1v) is 12.6. The molecule has 38 heavy (non-hydrogen) atoms. The van der Waals surface area contributed by atoms with E-state index >= 15 is 0 Å². The predicted octanol–water partition coefficient (Wildman–Crippen LogP) is 3.84. The van der Waals surface area contributed by atoms with Gasteiger partial charge >= 0.3 is 17.7 Å². The minimum absolute atomic E-state index is 0.0308. The van der Waals surface area contributed by atoms with Crippen LogP contribution in [0.2, 0.25) is 10.0 Å². The van der Waals surface area contributed by atoms with Gasteiger partial charge in [0, 0.05) is 19.3 Å². The van der Waals surface area contributed by atoms with Gasteiger partial charge in [0.2, 0.25) is 0 Å². The highest BCUT2D eigenvalue weighted by Crippen LogP contribution is 2.28. The summed E-state index contributed by atoms with van der Waals surface area (Å²) in [5.41, 5.74) is 0.443. The maximum atomic E-state index is 12.8. The summed E-state index contributed by atoms with van der Waals surface area (Å²) in [6, 6.07) is 14.1. The average Bonchev–Trinajstić information content (AvgIpc) is 2.90. The van der Waals surface area contributed by atoms with Gasteiger partial charge in [0.15, 0.2) is 0 Å². The number of benzene rings is 2. The van der Waals surface area contributed by atoms with E-state index in [2.05, 4.69) is 27.8 Å². The second kappa shape index (κ2) is 12.1. The molecular formula is C26H25Cl2N5O5. The van der Waals surface area contributed by atoms with Crippen molar-refractivity contribution in [2.45, 2.75) is 31.3 Å². The van der Waals surface area contributed by atoms with Crippen molar-refractivity contribution in [3.8, 4) is 0 Å². The lowest BCUT2D eigenvalue weighted by atomic mass is 9.90. The topological polar surface area (TPSA) is 134 Å². The summed E-state index contributed by atoms with van der Waals surface area (Å²) in [6.45, 7) is 0.629. The summed E-state index contributed by atoms with van der Waals surface area (Å²) in [4.78, 5) is 55.1. The summed E-state index contributed by atoms with van der Waals surface area (Å²) < 4.78 is 1.04. The molecule has 12 heteroatoms. The Morgan fingerprint density at radius 3 is 2.26 bits per heavy atom. The van der Waals surface area contributed by atoms with Gasteiger partial charge in [-0.15, -0.1) is 0 Å². The van der Waals surface area contributed by atoms with Crippen molar-refractivity contribution >= 4 is 46.9 Å². The molecule has 0 aliphatic carbocycles. The SMILES string of the molecule is O=C(Nc1ccn(CC(NC(=O)N2CCC(c3ccccc3)CC2)C(=O)O)c(=O)n1)c1c(Cl)cccc1Cl. The monoisotopic (exact) mass is 557 g/mol. The predicted molar refractivity (Wildman–Crippen MR) is 143 cm³/mol. The van der Waals surface area contributed by atoms with Gasteiger partial charge in [-0.2, -0.15) is 4.98 Å². The fourth-order valence-corrected chi connectivity index (χ4v) is 4.86. The van der Waals surface area contributed by atoms with Crippen molar-refractivity contribution in [2.24, 2.45) is 0 Å². The number of carboxylic acid groups (broad SMARTS) is 1. The standard InChI is InChI=1S/C26H25Cl2N5O5/c27-18-7-4-8-19(28)22(18)23(34)30-21-11-14-33(26(38)31-21)15-20(24(35)36)29-25(37)32-12-9-17(10-13-32)16-5-2-1-3-6-16/h1-8,11,14,17,20H,9-10,12-13,15H2,(H,29,37)(H,35,36)(H,30,31,34,38). The van der Waals surface area contributed by atoms with E-state index in [0.717, 1.165) is 17.4 Å². The average molecular weight is 558 g/mol. The Labute approximate surface area is 228 Å². The first kappa shape index (κ1) is 27.2. The molecule has 1 aromatic heterocycles. The minimum atomic E-state index is -1.36. The van der Waals surface area contributed by atoms with E-state index in [1.54, 1.807) is 11.0 Å². The molecule has 3 aromatic rings. The number of aliphatic carboxylic acids is 1. The molecule has 1 saturated heterocycles. The van der Waals surface area contributed by atoms with E-state index < -0.39 is 29.6 Å². The number of carboxylic acids is 1. The molecule has 0 saturated carbocycles. The molecule has 2 heterocycles. The molecule has 4 rings (SSSR count). The van der Waals surface area contributed by atoms with Crippen molar-refractivity contribution in [1.82, 2.24) is 19.8 Å². The van der Waals surface area contributed by atoms with E-state index in [0.29, 0.717) is 19.0 Å². The number of halogens is 2. The van der Waals surface area contributed by atoms with Crippen LogP contribution in [0.15, 0.2) is 65.6 Å². The second-order valence-electron chi connectivity index (χ2n) is 8.81. The fraction of sp³-hybridized carbons (Fsp3) is 0.269. The molecule has 1 fully saturated rings. The van der Waals surface area contributed by atoms with E-state index in [4.69, 9.17) is 23.2 Å². The lowest BCUT2D eigenvalue weighted by molar-refractivity contribution is -0.139. The van der Waals surface area contributed by atoms with E-state index in [-0.39, 0.29) is 28.0 Å². The Bertz CT molecular complexity index is 1370. The van der Waals surface area contributed by atoms with Crippen LogP contribution in [0.1, 0.15) is 34.7 Å². The maximum absolute atomic E-state index is 12.8. The van der Waals surface area contributed by atoms with Crippen LogP contribution in [-0.4, -0.2) is 56.6 Å².